The fourth-order valence-corrected chi connectivity index (χ4v) is 0.750. The van der Waals surface area contributed by atoms with Crippen LogP contribution in [0.3, 0.4) is 0 Å². The van der Waals surface area contributed by atoms with Crippen LogP contribution in [0.1, 0.15) is 19.7 Å². The number of rotatable bonds is 3. The number of allylic oxidation sites excluding steroid dienone is 1. The van der Waals surface area contributed by atoms with E-state index in [9.17, 15) is 4.79 Å². The lowest BCUT2D eigenvalue weighted by Crippen LogP contribution is -2.23. The van der Waals surface area contributed by atoms with Crippen LogP contribution < -0.4 is 5.32 Å². The van der Waals surface area contributed by atoms with Crippen molar-refractivity contribution in [1.29, 1.82) is 0 Å². The third-order valence-electron chi connectivity index (χ3n) is 1.67. The summed E-state index contributed by atoms with van der Waals surface area (Å²) in [5.41, 5.74) is 0.694. The molecular formula is C8H12N4O. The highest BCUT2D eigenvalue weighted by molar-refractivity contribution is 5.92. The van der Waals surface area contributed by atoms with E-state index in [1.165, 1.54) is 6.33 Å². The Morgan fingerprint density at radius 2 is 2.54 bits per heavy atom. The zero-order valence-electron chi connectivity index (χ0n) is 7.66. The molecule has 0 aliphatic carbocycles. The van der Waals surface area contributed by atoms with Gasteiger partial charge in [-0.05, 0) is 13.8 Å². The highest BCUT2D eigenvalue weighted by Crippen LogP contribution is 1.92. The quantitative estimate of drug-likeness (QED) is 0.661. The minimum atomic E-state index is -0.0844. The summed E-state index contributed by atoms with van der Waals surface area (Å²) >= 11 is 0. The van der Waals surface area contributed by atoms with E-state index in [1.54, 1.807) is 13.0 Å². The molecule has 5 heteroatoms. The van der Waals surface area contributed by atoms with Gasteiger partial charge in [-0.2, -0.15) is 5.10 Å². The van der Waals surface area contributed by atoms with Crippen LogP contribution in [0.4, 0.5) is 0 Å². The molecule has 1 amide bonds. The topological polar surface area (TPSA) is 70.7 Å². The molecule has 0 aliphatic heterocycles. The van der Waals surface area contributed by atoms with Gasteiger partial charge in [-0.3, -0.25) is 9.89 Å². The Labute approximate surface area is 76.3 Å². The molecule has 1 heterocycles. The first-order valence-electron chi connectivity index (χ1n) is 3.99. The number of hydrogen-bond donors (Lipinski definition) is 2. The van der Waals surface area contributed by atoms with E-state index in [4.69, 9.17) is 0 Å². The molecule has 0 unspecified atom stereocenters. The molecule has 0 aromatic carbocycles. The van der Waals surface area contributed by atoms with Crippen molar-refractivity contribution in [3.05, 3.63) is 23.8 Å². The molecule has 0 saturated heterocycles. The summed E-state index contributed by atoms with van der Waals surface area (Å²) in [6.07, 6.45) is 3.17. The molecule has 1 rings (SSSR count). The van der Waals surface area contributed by atoms with Crippen molar-refractivity contribution in [3.8, 4) is 0 Å². The van der Waals surface area contributed by atoms with Crippen LogP contribution in [0.15, 0.2) is 18.0 Å². The van der Waals surface area contributed by atoms with Gasteiger partial charge in [0.2, 0.25) is 5.91 Å². The zero-order valence-corrected chi connectivity index (χ0v) is 7.66. The molecule has 2 N–H and O–H groups in total. The zero-order chi connectivity index (χ0) is 9.68. The van der Waals surface area contributed by atoms with Gasteiger partial charge in [-0.15, -0.1) is 0 Å². The normalized spacial score (nSPS) is 11.4. The molecule has 70 valence electrons. The average molecular weight is 180 g/mol. The molecular weight excluding hydrogens is 168 g/mol. The number of nitrogens with zero attached hydrogens (tertiary/aromatic N) is 2. The van der Waals surface area contributed by atoms with Crippen LogP contribution in [-0.4, -0.2) is 21.1 Å². The van der Waals surface area contributed by atoms with Gasteiger partial charge in [0.15, 0.2) is 0 Å². The van der Waals surface area contributed by atoms with Gasteiger partial charge in [0.05, 0.1) is 6.54 Å². The fraction of sp³-hybridized carbons (Fsp3) is 0.375. The number of hydrogen-bond acceptors (Lipinski definition) is 3. The number of aromatic nitrogens is 3. The second kappa shape index (κ2) is 4.39. The lowest BCUT2D eigenvalue weighted by atomic mass is 10.3. The summed E-state index contributed by atoms with van der Waals surface area (Å²) in [5.74, 6) is 0.566. The number of amides is 1. The first-order valence-corrected chi connectivity index (χ1v) is 3.99. The molecule has 0 aliphatic rings. The summed E-state index contributed by atoms with van der Waals surface area (Å²) in [7, 11) is 0. The largest absolute Gasteiger partial charge is 0.345 e. The van der Waals surface area contributed by atoms with Crippen molar-refractivity contribution in [2.45, 2.75) is 20.4 Å². The Morgan fingerprint density at radius 3 is 3.08 bits per heavy atom. The predicted molar refractivity (Wildman–Crippen MR) is 47.7 cm³/mol. The van der Waals surface area contributed by atoms with E-state index in [0.29, 0.717) is 17.9 Å². The smallest absolute Gasteiger partial charge is 0.246 e. The van der Waals surface area contributed by atoms with Gasteiger partial charge >= 0.3 is 0 Å². The standard InChI is InChI=1S/C8H12N4O/c1-3-6(2)8(13)9-4-7-10-5-11-12-7/h3,5H,4H2,1-2H3,(H,9,13)(H,10,11,12)/b6-3-. The first-order chi connectivity index (χ1) is 6.24. The molecule has 1 aromatic rings. The second-order valence-electron chi connectivity index (χ2n) is 2.59. The number of aromatic amines is 1. The van der Waals surface area contributed by atoms with Gasteiger partial charge in [0, 0.05) is 5.57 Å². The molecule has 0 fully saturated rings. The SMILES string of the molecule is C/C=C(/C)C(=O)NCc1ncn[nH]1. The van der Waals surface area contributed by atoms with Gasteiger partial charge in [0.1, 0.15) is 12.2 Å². The van der Waals surface area contributed by atoms with Crippen molar-refractivity contribution >= 4 is 5.91 Å². The van der Waals surface area contributed by atoms with Crippen molar-refractivity contribution in [2.24, 2.45) is 0 Å². The monoisotopic (exact) mass is 180 g/mol. The highest BCUT2D eigenvalue weighted by Gasteiger charge is 2.02. The third kappa shape index (κ3) is 2.70. The van der Waals surface area contributed by atoms with Gasteiger partial charge in [-0.25, -0.2) is 4.98 Å². The van der Waals surface area contributed by atoms with Crippen LogP contribution in [0, 0.1) is 0 Å². The lowest BCUT2D eigenvalue weighted by Gasteiger charge is -2.01. The summed E-state index contributed by atoms with van der Waals surface area (Å²) in [6.45, 7) is 3.96. The Kier molecular flexibility index (Phi) is 3.19. The van der Waals surface area contributed by atoms with Crippen LogP contribution in [0.5, 0.6) is 0 Å². The number of nitrogens with one attached hydrogen (secondary N) is 2. The number of H-pyrrole nitrogens is 1. The third-order valence-corrected chi connectivity index (χ3v) is 1.67. The predicted octanol–water partition coefficient (Wildman–Crippen LogP) is 0.387. The number of carbonyl (C=O) groups excluding carboxylic acids is 1. The van der Waals surface area contributed by atoms with E-state index >= 15 is 0 Å². The van der Waals surface area contributed by atoms with Crippen LogP contribution in [-0.2, 0) is 11.3 Å². The Balaban J connectivity index is 2.40. The lowest BCUT2D eigenvalue weighted by molar-refractivity contribution is -0.117. The molecule has 0 radical (unpaired) electrons. The minimum Gasteiger partial charge on any atom is -0.345 e. The highest BCUT2D eigenvalue weighted by atomic mass is 16.1. The average Bonchev–Trinajstić information content (AvgIpc) is 2.65. The molecule has 5 nitrogen and oxygen atoms in total. The molecule has 13 heavy (non-hydrogen) atoms. The van der Waals surface area contributed by atoms with Crippen molar-refractivity contribution in [2.75, 3.05) is 0 Å². The van der Waals surface area contributed by atoms with Crippen LogP contribution >= 0.6 is 0 Å². The van der Waals surface area contributed by atoms with E-state index in [0.717, 1.165) is 0 Å². The minimum absolute atomic E-state index is 0.0844. The van der Waals surface area contributed by atoms with E-state index in [2.05, 4.69) is 20.5 Å². The van der Waals surface area contributed by atoms with Crippen molar-refractivity contribution in [1.82, 2.24) is 20.5 Å². The summed E-state index contributed by atoms with van der Waals surface area (Å²) < 4.78 is 0. The maximum Gasteiger partial charge on any atom is 0.246 e. The van der Waals surface area contributed by atoms with Crippen molar-refractivity contribution in [3.63, 3.8) is 0 Å². The molecule has 0 saturated carbocycles. The van der Waals surface area contributed by atoms with Gasteiger partial charge in [0.25, 0.3) is 0 Å². The van der Waals surface area contributed by atoms with Gasteiger partial charge in [-0.1, -0.05) is 6.08 Å². The van der Waals surface area contributed by atoms with Crippen LogP contribution in [0.2, 0.25) is 0 Å². The second-order valence-corrected chi connectivity index (χ2v) is 2.59. The van der Waals surface area contributed by atoms with Crippen LogP contribution in [0.25, 0.3) is 0 Å². The summed E-state index contributed by atoms with van der Waals surface area (Å²) in [5, 5.41) is 9.01. The van der Waals surface area contributed by atoms with E-state index < -0.39 is 0 Å². The first kappa shape index (κ1) is 9.44. The Morgan fingerprint density at radius 1 is 1.77 bits per heavy atom. The molecule has 0 spiro atoms. The molecule has 0 atom stereocenters. The van der Waals surface area contributed by atoms with E-state index in [1.807, 2.05) is 6.92 Å². The Bertz CT molecular complexity index is 302. The fourth-order valence-electron chi connectivity index (χ4n) is 0.750. The maximum absolute atomic E-state index is 11.2. The van der Waals surface area contributed by atoms with Gasteiger partial charge < -0.3 is 5.32 Å². The molecule has 0 bridgehead atoms. The molecule has 1 aromatic heterocycles. The van der Waals surface area contributed by atoms with Crippen molar-refractivity contribution < 1.29 is 4.79 Å². The van der Waals surface area contributed by atoms with E-state index in [-0.39, 0.29) is 5.91 Å². The maximum atomic E-state index is 11.2. The summed E-state index contributed by atoms with van der Waals surface area (Å²) in [6, 6.07) is 0. The summed E-state index contributed by atoms with van der Waals surface area (Å²) in [4.78, 5) is 15.1. The Hall–Kier alpha value is -1.65. The number of carbonyl (C=O) groups is 1.